The van der Waals surface area contributed by atoms with E-state index in [4.69, 9.17) is 34.8 Å². The van der Waals surface area contributed by atoms with Crippen LogP contribution >= 0.6 is 50.7 Å². The fraction of sp³-hybridized carbons (Fsp3) is 0.357. The lowest BCUT2D eigenvalue weighted by atomic mass is 10.2. The molecule has 0 amide bonds. The normalized spacial score (nSPS) is 10.9. The predicted octanol–water partition coefficient (Wildman–Crippen LogP) is 6.09. The molecule has 0 bridgehead atoms. The first kappa shape index (κ1) is 16.9. The summed E-state index contributed by atoms with van der Waals surface area (Å²) in [6.45, 7) is 2.63. The van der Waals surface area contributed by atoms with Gasteiger partial charge in [-0.1, -0.05) is 64.1 Å². The van der Waals surface area contributed by atoms with E-state index in [2.05, 4.69) is 38.1 Å². The minimum Gasteiger partial charge on any atom is -0.377 e. The second-order valence-corrected chi connectivity index (χ2v) is 6.74. The van der Waals surface area contributed by atoms with Gasteiger partial charge in [0.05, 0.1) is 28.0 Å². The molecule has 0 fully saturated rings. The molecule has 0 atom stereocenters. The van der Waals surface area contributed by atoms with E-state index < -0.39 is 0 Å². The molecule has 0 saturated carbocycles. The van der Waals surface area contributed by atoms with E-state index in [0.717, 1.165) is 35.3 Å². The largest absolute Gasteiger partial charge is 0.377 e. The number of benzene rings is 1. The van der Waals surface area contributed by atoms with Crippen LogP contribution < -0.4 is 5.32 Å². The van der Waals surface area contributed by atoms with Gasteiger partial charge in [0.15, 0.2) is 5.15 Å². The third-order valence-corrected chi connectivity index (χ3v) is 4.36. The van der Waals surface area contributed by atoms with Crippen LogP contribution in [0.15, 0.2) is 16.6 Å². The first-order chi connectivity index (χ1) is 10.0. The molecule has 1 aromatic heterocycles. The number of aromatic amines is 1. The summed E-state index contributed by atoms with van der Waals surface area (Å²) < 4.78 is 0.837. The van der Waals surface area contributed by atoms with Crippen molar-refractivity contribution in [2.45, 2.75) is 32.7 Å². The average molecular weight is 412 g/mol. The lowest BCUT2D eigenvalue weighted by molar-refractivity contribution is 0.760. The van der Waals surface area contributed by atoms with E-state index in [1.807, 2.05) is 0 Å². The zero-order valence-electron chi connectivity index (χ0n) is 11.4. The van der Waals surface area contributed by atoms with E-state index in [9.17, 15) is 0 Å². The molecule has 7 heteroatoms. The summed E-state index contributed by atoms with van der Waals surface area (Å²) >= 11 is 21.8. The van der Waals surface area contributed by atoms with Crippen molar-refractivity contribution in [2.75, 3.05) is 5.32 Å². The molecule has 2 N–H and O–H groups in total. The van der Waals surface area contributed by atoms with Crippen molar-refractivity contribution in [3.8, 4) is 0 Å². The minimum absolute atomic E-state index is 0.484. The van der Waals surface area contributed by atoms with Gasteiger partial charge in [-0.15, -0.1) is 0 Å². The zero-order chi connectivity index (χ0) is 15.4. The first-order valence-electron chi connectivity index (χ1n) is 6.63. The fourth-order valence-electron chi connectivity index (χ4n) is 1.91. The SMILES string of the molecule is CCCCc1nc(Cl)c(CNc2c(Cl)cc(Br)cc2Cl)[nH]1. The third kappa shape index (κ3) is 4.52. The quantitative estimate of drug-likeness (QED) is 0.604. The minimum atomic E-state index is 0.484. The van der Waals surface area contributed by atoms with Gasteiger partial charge in [0, 0.05) is 10.9 Å². The van der Waals surface area contributed by atoms with Crippen LogP contribution in [-0.2, 0) is 13.0 Å². The second-order valence-electron chi connectivity index (χ2n) is 4.65. The van der Waals surface area contributed by atoms with Gasteiger partial charge in [-0.3, -0.25) is 0 Å². The van der Waals surface area contributed by atoms with E-state index in [0.29, 0.717) is 27.4 Å². The maximum atomic E-state index is 6.18. The molecule has 114 valence electrons. The van der Waals surface area contributed by atoms with E-state index >= 15 is 0 Å². The molecular weight excluding hydrogens is 396 g/mol. The number of nitrogens with one attached hydrogen (secondary N) is 2. The Hall–Kier alpha value is -0.420. The summed E-state index contributed by atoms with van der Waals surface area (Å²) in [5.41, 5.74) is 1.51. The molecule has 2 rings (SSSR count). The van der Waals surface area contributed by atoms with Gasteiger partial charge in [0.1, 0.15) is 5.82 Å². The van der Waals surface area contributed by atoms with E-state index in [1.54, 1.807) is 12.1 Å². The Kier molecular flexibility index (Phi) is 6.23. The maximum Gasteiger partial charge on any atom is 0.152 e. The van der Waals surface area contributed by atoms with Gasteiger partial charge in [-0.25, -0.2) is 4.98 Å². The Morgan fingerprint density at radius 3 is 2.52 bits per heavy atom. The molecule has 21 heavy (non-hydrogen) atoms. The number of halogens is 4. The van der Waals surface area contributed by atoms with Crippen LogP contribution in [0, 0.1) is 0 Å². The van der Waals surface area contributed by atoms with Crippen molar-refractivity contribution in [1.29, 1.82) is 0 Å². The first-order valence-corrected chi connectivity index (χ1v) is 8.55. The number of imidazole rings is 1. The molecule has 0 aliphatic rings. The highest BCUT2D eigenvalue weighted by atomic mass is 79.9. The average Bonchev–Trinajstić information content (AvgIpc) is 2.76. The predicted molar refractivity (Wildman–Crippen MR) is 93.7 cm³/mol. The summed E-state index contributed by atoms with van der Waals surface area (Å²) in [6, 6.07) is 3.58. The third-order valence-electron chi connectivity index (χ3n) is 2.99. The van der Waals surface area contributed by atoms with Crippen molar-refractivity contribution in [1.82, 2.24) is 9.97 Å². The number of hydrogen-bond acceptors (Lipinski definition) is 2. The summed E-state index contributed by atoms with van der Waals surface area (Å²) in [7, 11) is 0. The molecule has 0 radical (unpaired) electrons. The molecule has 0 aliphatic carbocycles. The Bertz CT molecular complexity index is 605. The van der Waals surface area contributed by atoms with Crippen LogP contribution in [0.2, 0.25) is 15.2 Å². The van der Waals surface area contributed by atoms with Gasteiger partial charge in [-0.2, -0.15) is 0 Å². The monoisotopic (exact) mass is 409 g/mol. The second kappa shape index (κ2) is 7.73. The summed E-state index contributed by atoms with van der Waals surface area (Å²) in [4.78, 5) is 7.55. The van der Waals surface area contributed by atoms with Crippen LogP contribution in [0.5, 0.6) is 0 Å². The molecule has 0 spiro atoms. The summed E-state index contributed by atoms with van der Waals surface area (Å²) in [5, 5.41) is 4.78. The standard InChI is InChI=1S/C14H15BrCl3N3/c1-2-3-4-12-20-11(14(18)21-12)7-19-13-9(16)5-8(15)6-10(13)17/h5-6,19H,2-4,7H2,1H3,(H,20,21). The topological polar surface area (TPSA) is 40.7 Å². The van der Waals surface area contributed by atoms with Gasteiger partial charge in [0.25, 0.3) is 0 Å². The lowest BCUT2D eigenvalue weighted by Gasteiger charge is -2.10. The van der Waals surface area contributed by atoms with E-state index in [-0.39, 0.29) is 0 Å². The van der Waals surface area contributed by atoms with Crippen LogP contribution in [-0.4, -0.2) is 9.97 Å². The van der Waals surface area contributed by atoms with Crippen molar-refractivity contribution in [2.24, 2.45) is 0 Å². The maximum absolute atomic E-state index is 6.18. The number of nitrogens with zero attached hydrogens (tertiary/aromatic N) is 1. The molecular formula is C14H15BrCl3N3. The molecule has 1 aromatic carbocycles. The van der Waals surface area contributed by atoms with Gasteiger partial charge in [0.2, 0.25) is 0 Å². The van der Waals surface area contributed by atoms with Gasteiger partial charge < -0.3 is 10.3 Å². The highest BCUT2D eigenvalue weighted by Gasteiger charge is 2.11. The number of aryl methyl sites for hydroxylation is 1. The van der Waals surface area contributed by atoms with Crippen LogP contribution in [0.3, 0.4) is 0 Å². The molecule has 0 aliphatic heterocycles. The molecule has 3 nitrogen and oxygen atoms in total. The van der Waals surface area contributed by atoms with E-state index in [1.165, 1.54) is 0 Å². The Morgan fingerprint density at radius 1 is 1.24 bits per heavy atom. The number of H-pyrrole nitrogens is 1. The number of anilines is 1. The number of unbranched alkanes of at least 4 members (excludes halogenated alkanes) is 1. The van der Waals surface area contributed by atoms with Crippen molar-refractivity contribution in [3.05, 3.63) is 43.3 Å². The number of rotatable bonds is 6. The highest BCUT2D eigenvalue weighted by Crippen LogP contribution is 2.34. The smallest absolute Gasteiger partial charge is 0.152 e. The van der Waals surface area contributed by atoms with Crippen molar-refractivity contribution >= 4 is 56.4 Å². The van der Waals surface area contributed by atoms with Gasteiger partial charge in [-0.05, 0) is 18.6 Å². The van der Waals surface area contributed by atoms with Crippen LogP contribution in [0.1, 0.15) is 31.3 Å². The zero-order valence-corrected chi connectivity index (χ0v) is 15.3. The number of aromatic nitrogens is 2. The summed E-state index contributed by atoms with van der Waals surface area (Å²) in [5.74, 6) is 0.909. The summed E-state index contributed by atoms with van der Waals surface area (Å²) in [6.07, 6.45) is 3.10. The Labute approximate surface area is 147 Å². The lowest BCUT2D eigenvalue weighted by Crippen LogP contribution is -2.02. The fourth-order valence-corrected chi connectivity index (χ4v) is 3.47. The van der Waals surface area contributed by atoms with Crippen LogP contribution in [0.4, 0.5) is 5.69 Å². The molecule has 0 unspecified atom stereocenters. The molecule has 0 saturated heterocycles. The highest BCUT2D eigenvalue weighted by molar-refractivity contribution is 9.10. The van der Waals surface area contributed by atoms with Crippen molar-refractivity contribution in [3.63, 3.8) is 0 Å². The molecule has 1 heterocycles. The van der Waals surface area contributed by atoms with Crippen LogP contribution in [0.25, 0.3) is 0 Å². The Morgan fingerprint density at radius 2 is 1.90 bits per heavy atom. The van der Waals surface area contributed by atoms with Crippen molar-refractivity contribution < 1.29 is 0 Å². The molecule has 2 aromatic rings. The Balaban J connectivity index is 2.08. The number of hydrogen-bond donors (Lipinski definition) is 2. The van der Waals surface area contributed by atoms with Gasteiger partial charge >= 0.3 is 0 Å².